The Balaban J connectivity index is 1.44. The van der Waals surface area contributed by atoms with Crippen molar-refractivity contribution in [2.45, 2.75) is 25.9 Å². The molecular weight excluding hydrogens is 381 g/mol. The van der Waals surface area contributed by atoms with Crippen LogP contribution in [0.2, 0.25) is 0 Å². The third kappa shape index (κ3) is 4.96. The molecule has 5 nitrogen and oxygen atoms in total. The number of halogens is 3. The van der Waals surface area contributed by atoms with Crippen LogP contribution >= 0.6 is 0 Å². The fourth-order valence-electron chi connectivity index (χ4n) is 3.33. The van der Waals surface area contributed by atoms with Gasteiger partial charge in [0.05, 0.1) is 0 Å². The van der Waals surface area contributed by atoms with Crippen LogP contribution in [0.4, 0.5) is 24.8 Å². The van der Waals surface area contributed by atoms with E-state index in [-0.39, 0.29) is 5.75 Å². The summed E-state index contributed by atoms with van der Waals surface area (Å²) in [6.45, 7) is 1.87. The predicted octanol–water partition coefficient (Wildman–Crippen LogP) is 4.55. The van der Waals surface area contributed by atoms with Gasteiger partial charge in [-0.15, -0.1) is 13.2 Å². The van der Waals surface area contributed by atoms with E-state index in [4.69, 9.17) is 0 Å². The number of nitrogens with zero attached hydrogens (tertiary/aromatic N) is 3. The number of aromatic nitrogens is 2. The number of rotatable bonds is 5. The first-order chi connectivity index (χ1) is 14.0. The maximum absolute atomic E-state index is 12.4. The van der Waals surface area contributed by atoms with Gasteiger partial charge in [-0.25, -0.2) is 9.97 Å². The van der Waals surface area contributed by atoms with Gasteiger partial charge in [0.2, 0.25) is 0 Å². The Morgan fingerprint density at radius 3 is 2.62 bits per heavy atom. The summed E-state index contributed by atoms with van der Waals surface area (Å²) in [6.07, 6.45) is -2.56. The van der Waals surface area contributed by atoms with Crippen LogP contribution < -0.4 is 15.0 Å². The van der Waals surface area contributed by atoms with Crippen molar-refractivity contribution >= 4 is 11.6 Å². The number of hydrogen-bond donors (Lipinski definition) is 1. The molecule has 8 heteroatoms. The van der Waals surface area contributed by atoms with Crippen LogP contribution in [0.15, 0.2) is 60.9 Å². The Morgan fingerprint density at radius 1 is 1.00 bits per heavy atom. The second kappa shape index (κ2) is 7.98. The van der Waals surface area contributed by atoms with Gasteiger partial charge in [0.15, 0.2) is 0 Å². The fraction of sp³-hybridized carbons (Fsp3) is 0.238. The maximum Gasteiger partial charge on any atom is 0.573 e. The monoisotopic (exact) mass is 400 g/mol. The average molecular weight is 400 g/mol. The molecule has 1 aliphatic heterocycles. The van der Waals surface area contributed by atoms with Crippen molar-refractivity contribution in [2.24, 2.45) is 0 Å². The van der Waals surface area contributed by atoms with Gasteiger partial charge in [0, 0.05) is 25.7 Å². The van der Waals surface area contributed by atoms with Crippen LogP contribution in [0.1, 0.15) is 16.7 Å². The van der Waals surface area contributed by atoms with Crippen molar-refractivity contribution in [3.63, 3.8) is 0 Å². The van der Waals surface area contributed by atoms with E-state index in [1.807, 2.05) is 36.4 Å². The van der Waals surface area contributed by atoms with Crippen molar-refractivity contribution < 1.29 is 17.9 Å². The molecule has 0 fully saturated rings. The van der Waals surface area contributed by atoms with E-state index >= 15 is 0 Å². The zero-order valence-electron chi connectivity index (χ0n) is 15.5. The van der Waals surface area contributed by atoms with Crippen LogP contribution in [0, 0.1) is 0 Å². The molecule has 150 valence electrons. The van der Waals surface area contributed by atoms with E-state index < -0.39 is 6.36 Å². The second-order valence-corrected chi connectivity index (χ2v) is 6.75. The Morgan fingerprint density at radius 2 is 1.83 bits per heavy atom. The number of ether oxygens (including phenoxy) is 1. The quantitative estimate of drug-likeness (QED) is 0.681. The first kappa shape index (κ1) is 19.0. The summed E-state index contributed by atoms with van der Waals surface area (Å²) in [5.41, 5.74) is 2.97. The molecule has 29 heavy (non-hydrogen) atoms. The smallest absolute Gasteiger partial charge is 0.406 e. The largest absolute Gasteiger partial charge is 0.573 e. The standard InChI is InChI=1S/C21H19F3N4O/c22-21(23,24)29-18-7-6-17-13-28(9-8-16(17)10-18)20-11-19(26-14-27-20)25-12-15-4-2-1-3-5-15/h1-7,10-11,14H,8-9,12-13H2,(H,25,26,27). The predicted molar refractivity (Wildman–Crippen MR) is 104 cm³/mol. The van der Waals surface area contributed by atoms with E-state index in [2.05, 4.69) is 24.9 Å². The van der Waals surface area contributed by atoms with Crippen LogP contribution in [0.3, 0.4) is 0 Å². The van der Waals surface area contributed by atoms with Gasteiger partial charge >= 0.3 is 6.36 Å². The zero-order valence-corrected chi connectivity index (χ0v) is 15.5. The Labute approximate surface area is 166 Å². The molecule has 0 bridgehead atoms. The fourth-order valence-corrected chi connectivity index (χ4v) is 3.33. The summed E-state index contributed by atoms with van der Waals surface area (Å²) in [6, 6.07) is 16.4. The molecule has 1 aromatic heterocycles. The Bertz CT molecular complexity index is 979. The third-order valence-corrected chi connectivity index (χ3v) is 4.72. The second-order valence-electron chi connectivity index (χ2n) is 6.75. The molecule has 0 saturated carbocycles. The first-order valence-corrected chi connectivity index (χ1v) is 9.19. The highest BCUT2D eigenvalue weighted by atomic mass is 19.4. The van der Waals surface area contributed by atoms with Crippen LogP contribution in [-0.2, 0) is 19.5 Å². The molecule has 0 spiro atoms. The normalized spacial score (nSPS) is 13.7. The van der Waals surface area contributed by atoms with Crippen molar-refractivity contribution in [3.05, 3.63) is 77.6 Å². The summed E-state index contributed by atoms with van der Waals surface area (Å²) < 4.78 is 41.3. The number of nitrogens with one attached hydrogen (secondary N) is 1. The summed E-state index contributed by atoms with van der Waals surface area (Å²) in [7, 11) is 0. The van der Waals surface area contributed by atoms with E-state index in [0.717, 1.165) is 28.3 Å². The Kier molecular flexibility index (Phi) is 5.24. The minimum Gasteiger partial charge on any atom is -0.406 e. The van der Waals surface area contributed by atoms with Crippen molar-refractivity contribution in [2.75, 3.05) is 16.8 Å². The summed E-state index contributed by atoms with van der Waals surface area (Å²) in [5.74, 6) is 1.31. The van der Waals surface area contributed by atoms with Gasteiger partial charge in [0.25, 0.3) is 0 Å². The zero-order chi connectivity index (χ0) is 20.3. The lowest BCUT2D eigenvalue weighted by molar-refractivity contribution is -0.274. The van der Waals surface area contributed by atoms with Gasteiger partial charge < -0.3 is 15.0 Å². The molecule has 0 saturated heterocycles. The number of anilines is 2. The van der Waals surface area contributed by atoms with Gasteiger partial charge in [-0.05, 0) is 35.2 Å². The molecule has 4 rings (SSSR count). The number of benzene rings is 2. The van der Waals surface area contributed by atoms with E-state index in [9.17, 15) is 13.2 Å². The molecule has 1 N–H and O–H groups in total. The molecule has 1 aliphatic rings. The lowest BCUT2D eigenvalue weighted by Gasteiger charge is -2.30. The van der Waals surface area contributed by atoms with Gasteiger partial charge in [-0.3, -0.25) is 0 Å². The van der Waals surface area contributed by atoms with Crippen LogP contribution in [0.25, 0.3) is 0 Å². The molecule has 0 aliphatic carbocycles. The lowest BCUT2D eigenvalue weighted by Crippen LogP contribution is -2.31. The number of fused-ring (bicyclic) bond motifs is 1. The minimum absolute atomic E-state index is 0.181. The molecular formula is C21H19F3N4O. The molecule has 3 aromatic rings. The van der Waals surface area contributed by atoms with Crippen molar-refractivity contribution in [1.29, 1.82) is 0 Å². The molecule has 0 radical (unpaired) electrons. The molecule has 0 amide bonds. The van der Waals surface area contributed by atoms with Gasteiger partial charge in [0.1, 0.15) is 23.7 Å². The number of hydrogen-bond acceptors (Lipinski definition) is 5. The number of alkyl halides is 3. The SMILES string of the molecule is FC(F)(F)Oc1ccc2c(c1)CCN(c1cc(NCc3ccccc3)ncn1)C2. The molecule has 2 aromatic carbocycles. The average Bonchev–Trinajstić information content (AvgIpc) is 2.72. The molecule has 0 unspecified atom stereocenters. The van der Waals surface area contributed by atoms with Crippen molar-refractivity contribution in [1.82, 2.24) is 9.97 Å². The van der Waals surface area contributed by atoms with E-state index in [0.29, 0.717) is 26.1 Å². The van der Waals surface area contributed by atoms with Gasteiger partial charge in [-0.2, -0.15) is 0 Å². The van der Waals surface area contributed by atoms with E-state index in [1.165, 1.54) is 18.5 Å². The highest BCUT2D eigenvalue weighted by Crippen LogP contribution is 2.29. The lowest BCUT2D eigenvalue weighted by atomic mass is 9.99. The van der Waals surface area contributed by atoms with Gasteiger partial charge in [-0.1, -0.05) is 36.4 Å². The minimum atomic E-state index is -4.68. The first-order valence-electron chi connectivity index (χ1n) is 9.19. The van der Waals surface area contributed by atoms with Crippen LogP contribution in [-0.4, -0.2) is 22.9 Å². The Hall–Kier alpha value is -3.29. The maximum atomic E-state index is 12.4. The third-order valence-electron chi connectivity index (χ3n) is 4.72. The topological polar surface area (TPSA) is 50.3 Å². The summed E-state index contributed by atoms with van der Waals surface area (Å²) in [5, 5.41) is 3.29. The van der Waals surface area contributed by atoms with E-state index in [1.54, 1.807) is 6.07 Å². The molecule has 0 atom stereocenters. The highest BCUT2D eigenvalue weighted by molar-refractivity contribution is 5.51. The summed E-state index contributed by atoms with van der Waals surface area (Å²) in [4.78, 5) is 10.7. The van der Waals surface area contributed by atoms with Crippen molar-refractivity contribution in [3.8, 4) is 5.75 Å². The molecule has 2 heterocycles. The highest BCUT2D eigenvalue weighted by Gasteiger charge is 2.31. The summed E-state index contributed by atoms with van der Waals surface area (Å²) >= 11 is 0. The van der Waals surface area contributed by atoms with Crippen LogP contribution in [0.5, 0.6) is 5.75 Å².